The van der Waals surface area contributed by atoms with Crippen LogP contribution in [0, 0.1) is 11.3 Å². The third-order valence-corrected chi connectivity index (χ3v) is 9.62. The van der Waals surface area contributed by atoms with E-state index in [1.165, 1.54) is 7.11 Å². The number of rotatable bonds is 8. The van der Waals surface area contributed by atoms with Crippen LogP contribution in [0.25, 0.3) is 0 Å². The second-order valence-electron chi connectivity index (χ2n) is 7.88. The molecule has 0 heterocycles. The molecule has 1 aromatic rings. The summed E-state index contributed by atoms with van der Waals surface area (Å²) in [5, 5.41) is 12.9. The molecule has 0 aliphatic carbocycles. The van der Waals surface area contributed by atoms with E-state index in [2.05, 4.69) is 52.2 Å². The lowest BCUT2D eigenvalue weighted by Crippen LogP contribution is -2.43. The summed E-state index contributed by atoms with van der Waals surface area (Å²) < 4.78 is 17.2. The number of nitrogen functional groups attached to an aromatic ring is 1. The van der Waals surface area contributed by atoms with Gasteiger partial charge in [0.15, 0.2) is 19.8 Å². The van der Waals surface area contributed by atoms with E-state index in [9.17, 15) is 5.26 Å². The average molecular weight is 380 g/mol. The monoisotopic (exact) mass is 379 g/mol. The van der Waals surface area contributed by atoms with Gasteiger partial charge < -0.3 is 25.0 Å². The Kier molecular flexibility index (Phi) is 7.36. The predicted molar refractivity (Wildman–Crippen MR) is 110 cm³/mol. The molecule has 7 heteroatoms. The molecule has 0 aliphatic heterocycles. The van der Waals surface area contributed by atoms with Gasteiger partial charge in [-0.05, 0) is 24.6 Å². The molecule has 0 amide bonds. The van der Waals surface area contributed by atoms with Crippen LogP contribution in [0.2, 0.25) is 18.1 Å². The van der Waals surface area contributed by atoms with E-state index in [0.29, 0.717) is 35.0 Å². The molecule has 1 aromatic carbocycles. The van der Waals surface area contributed by atoms with Crippen molar-refractivity contribution in [2.45, 2.75) is 58.3 Å². The molecule has 3 N–H and O–H groups in total. The fourth-order valence-corrected chi connectivity index (χ4v) is 3.29. The van der Waals surface area contributed by atoms with Crippen LogP contribution < -0.4 is 20.5 Å². The number of hydrogen-bond donors (Lipinski definition) is 2. The largest absolute Gasteiger partial charge is 0.493 e. The van der Waals surface area contributed by atoms with Gasteiger partial charge in [0.25, 0.3) is 0 Å². The van der Waals surface area contributed by atoms with Crippen LogP contribution in [0.4, 0.5) is 11.4 Å². The van der Waals surface area contributed by atoms with E-state index in [-0.39, 0.29) is 11.1 Å². The minimum atomic E-state index is -1.85. The first-order chi connectivity index (χ1) is 12.0. The molecule has 0 saturated carbocycles. The first kappa shape index (κ1) is 22.1. The molecular formula is C19H33N3O3Si. The van der Waals surface area contributed by atoms with Crippen molar-refractivity contribution in [2.24, 2.45) is 0 Å². The van der Waals surface area contributed by atoms with E-state index in [1.54, 1.807) is 13.2 Å². The van der Waals surface area contributed by atoms with Crippen molar-refractivity contribution in [3.63, 3.8) is 0 Å². The average Bonchev–Trinajstić information content (AvgIpc) is 2.58. The Balaban J connectivity index is 3.13. The zero-order valence-corrected chi connectivity index (χ0v) is 18.3. The van der Waals surface area contributed by atoms with Crippen LogP contribution in [-0.4, -0.2) is 35.2 Å². The molecule has 0 fully saturated rings. The van der Waals surface area contributed by atoms with Crippen LogP contribution in [-0.2, 0) is 4.43 Å². The molecule has 1 unspecified atom stereocenters. The van der Waals surface area contributed by atoms with Crippen molar-refractivity contribution in [2.75, 3.05) is 31.9 Å². The van der Waals surface area contributed by atoms with Gasteiger partial charge in [-0.25, -0.2) is 0 Å². The second-order valence-corrected chi connectivity index (χ2v) is 12.7. The lowest BCUT2D eigenvalue weighted by Gasteiger charge is -2.37. The van der Waals surface area contributed by atoms with E-state index in [1.807, 2.05) is 0 Å². The summed E-state index contributed by atoms with van der Waals surface area (Å²) in [6, 6.07) is 3.73. The number of methoxy groups -OCH3 is 2. The van der Waals surface area contributed by atoms with Gasteiger partial charge in [0.1, 0.15) is 11.8 Å². The van der Waals surface area contributed by atoms with E-state index >= 15 is 0 Å². The Labute approximate surface area is 158 Å². The summed E-state index contributed by atoms with van der Waals surface area (Å²) in [6.07, 6.45) is 0.844. The molecule has 1 atom stereocenters. The quantitative estimate of drug-likeness (QED) is 0.515. The molecule has 0 radical (unpaired) electrons. The minimum absolute atomic E-state index is 0.0407. The lowest BCUT2D eigenvalue weighted by molar-refractivity contribution is 0.267. The lowest BCUT2D eigenvalue weighted by atomic mass is 10.1. The predicted octanol–water partition coefficient (Wildman–Crippen LogP) is 4.37. The van der Waals surface area contributed by atoms with Gasteiger partial charge >= 0.3 is 0 Å². The summed E-state index contributed by atoms with van der Waals surface area (Å²) in [5.74, 6) is 0.968. The molecule has 0 aliphatic rings. The van der Waals surface area contributed by atoms with Gasteiger partial charge in [-0.1, -0.05) is 27.7 Å². The topological polar surface area (TPSA) is 89.5 Å². The summed E-state index contributed by atoms with van der Waals surface area (Å²) in [7, 11) is 1.24. The molecule has 0 saturated heterocycles. The van der Waals surface area contributed by atoms with Crippen molar-refractivity contribution in [1.82, 2.24) is 0 Å². The van der Waals surface area contributed by atoms with Crippen molar-refractivity contribution < 1.29 is 13.9 Å². The summed E-state index contributed by atoms with van der Waals surface area (Å²) >= 11 is 0. The first-order valence-corrected chi connectivity index (χ1v) is 11.8. The van der Waals surface area contributed by atoms with E-state index in [4.69, 9.17) is 19.6 Å². The van der Waals surface area contributed by atoms with Gasteiger partial charge in [-0.15, -0.1) is 0 Å². The maximum absolute atomic E-state index is 9.34. The summed E-state index contributed by atoms with van der Waals surface area (Å²) in [5.41, 5.74) is 7.48. The third-order valence-electron chi connectivity index (χ3n) is 5.12. The normalized spacial score (nSPS) is 13.0. The number of nitrogens with one attached hydrogen (secondary N) is 1. The minimum Gasteiger partial charge on any atom is -0.493 e. The Hall–Kier alpha value is -1.91. The maximum atomic E-state index is 9.34. The summed E-state index contributed by atoms with van der Waals surface area (Å²) in [6.45, 7) is 13.8. The van der Waals surface area contributed by atoms with Gasteiger partial charge in [0.2, 0.25) is 0 Å². The fourth-order valence-electron chi connectivity index (χ4n) is 2.24. The highest BCUT2D eigenvalue weighted by Crippen LogP contribution is 2.42. The Morgan fingerprint density at radius 1 is 1.27 bits per heavy atom. The van der Waals surface area contributed by atoms with Crippen LogP contribution >= 0.6 is 0 Å². The van der Waals surface area contributed by atoms with Crippen LogP contribution in [0.15, 0.2) is 6.07 Å². The number of hydrogen-bond acceptors (Lipinski definition) is 6. The molecule has 26 heavy (non-hydrogen) atoms. The van der Waals surface area contributed by atoms with Gasteiger partial charge in [0.05, 0.1) is 32.1 Å². The highest BCUT2D eigenvalue weighted by molar-refractivity contribution is 6.74. The standard InChI is InChI=1S/C19H33N3O3Si/c1-9-14(12-25-26(7,8)19(2,3)4)22-17-16(21)13(11-20)10-15(23-5)18(17)24-6/h10,14,22H,9,12,21H2,1-8H3. The SMILES string of the molecule is CCC(CO[Si](C)(C)C(C)(C)C)Nc1c(N)c(C#N)cc(OC)c1OC. The number of anilines is 2. The Morgan fingerprint density at radius 3 is 2.31 bits per heavy atom. The van der Waals surface area contributed by atoms with Crippen LogP contribution in [0.1, 0.15) is 39.7 Å². The molecule has 0 bridgehead atoms. The van der Waals surface area contributed by atoms with Crippen molar-refractivity contribution in [1.29, 1.82) is 5.26 Å². The fraction of sp³-hybridized carbons (Fsp3) is 0.632. The number of ether oxygens (including phenoxy) is 2. The summed E-state index contributed by atoms with van der Waals surface area (Å²) in [4.78, 5) is 0. The van der Waals surface area contributed by atoms with E-state index in [0.717, 1.165) is 6.42 Å². The third kappa shape index (κ3) is 4.83. The molecule has 0 aromatic heterocycles. The number of nitriles is 1. The molecular weight excluding hydrogens is 346 g/mol. The van der Waals surface area contributed by atoms with Gasteiger partial charge in [-0.2, -0.15) is 5.26 Å². The maximum Gasteiger partial charge on any atom is 0.192 e. The molecule has 6 nitrogen and oxygen atoms in total. The van der Waals surface area contributed by atoms with Gasteiger partial charge in [-0.3, -0.25) is 0 Å². The molecule has 0 spiro atoms. The highest BCUT2D eigenvalue weighted by Gasteiger charge is 2.37. The van der Waals surface area contributed by atoms with Crippen LogP contribution in [0.3, 0.4) is 0 Å². The highest BCUT2D eigenvalue weighted by atomic mass is 28.4. The van der Waals surface area contributed by atoms with Crippen molar-refractivity contribution >= 4 is 19.7 Å². The van der Waals surface area contributed by atoms with Crippen molar-refractivity contribution in [3.05, 3.63) is 11.6 Å². The van der Waals surface area contributed by atoms with E-state index < -0.39 is 8.32 Å². The first-order valence-electron chi connectivity index (χ1n) is 8.87. The number of benzene rings is 1. The number of nitrogens with zero attached hydrogens (tertiary/aromatic N) is 1. The Morgan fingerprint density at radius 2 is 1.88 bits per heavy atom. The van der Waals surface area contributed by atoms with Crippen LogP contribution in [0.5, 0.6) is 11.5 Å². The number of nitrogens with two attached hydrogens (primary N) is 1. The van der Waals surface area contributed by atoms with Gasteiger partial charge in [0, 0.05) is 12.1 Å². The molecule has 146 valence electrons. The second kappa shape index (κ2) is 8.65. The molecule has 1 rings (SSSR count). The zero-order chi connectivity index (χ0) is 20.1. The smallest absolute Gasteiger partial charge is 0.192 e. The zero-order valence-electron chi connectivity index (χ0n) is 17.3. The van der Waals surface area contributed by atoms with Crippen molar-refractivity contribution in [3.8, 4) is 17.6 Å². The Bertz CT molecular complexity index is 663.